The lowest BCUT2D eigenvalue weighted by Crippen LogP contribution is -1.91. The Balaban J connectivity index is 2.30. The van der Waals surface area contributed by atoms with Crippen molar-refractivity contribution in [1.82, 2.24) is 10.2 Å². The molecular weight excluding hydrogens is 221 g/mol. The fourth-order valence-electron chi connectivity index (χ4n) is 1.41. The molecule has 0 spiro atoms. The maximum absolute atomic E-state index is 12.8. The van der Waals surface area contributed by atoms with E-state index in [4.69, 9.17) is 10.00 Å². The van der Waals surface area contributed by atoms with Crippen LogP contribution in [0.3, 0.4) is 0 Å². The Morgan fingerprint density at radius 3 is 2.88 bits per heavy atom. The molecule has 17 heavy (non-hydrogen) atoms. The molecule has 1 N–H and O–H groups in total. The molecule has 0 radical (unpaired) electrons. The van der Waals surface area contributed by atoms with E-state index in [2.05, 4.69) is 10.2 Å². The lowest BCUT2D eigenvalue weighted by molar-refractivity contribution is 0.428. The number of alkyl halides is 1. The highest BCUT2D eigenvalue weighted by atomic mass is 19.1. The van der Waals surface area contributed by atoms with Crippen LogP contribution in [0.15, 0.2) is 24.3 Å². The molecular formula is C12H10FN3O. The predicted molar refractivity (Wildman–Crippen MR) is 59.4 cm³/mol. The molecule has 4 nitrogen and oxygen atoms in total. The number of nitrogens with zero attached hydrogens (tertiary/aromatic N) is 2. The van der Waals surface area contributed by atoms with E-state index in [0.717, 1.165) is 5.69 Å². The van der Waals surface area contributed by atoms with Gasteiger partial charge >= 0.3 is 0 Å². The number of nitriles is 1. The van der Waals surface area contributed by atoms with Crippen LogP contribution < -0.4 is 4.74 Å². The van der Waals surface area contributed by atoms with Crippen LogP contribution >= 0.6 is 0 Å². The molecule has 2 rings (SSSR count). The Labute approximate surface area is 97.7 Å². The molecule has 0 fully saturated rings. The molecule has 1 heterocycles. The Bertz CT molecular complexity index is 571. The third-order valence-corrected chi connectivity index (χ3v) is 2.23. The van der Waals surface area contributed by atoms with Crippen molar-refractivity contribution in [3.63, 3.8) is 0 Å². The summed E-state index contributed by atoms with van der Waals surface area (Å²) in [4.78, 5) is 0. The van der Waals surface area contributed by atoms with E-state index in [9.17, 15) is 4.39 Å². The topological polar surface area (TPSA) is 61.7 Å². The van der Waals surface area contributed by atoms with Crippen LogP contribution in [0, 0.1) is 18.3 Å². The zero-order chi connectivity index (χ0) is 12.3. The molecule has 0 saturated carbocycles. The van der Waals surface area contributed by atoms with Crippen molar-refractivity contribution >= 4 is 0 Å². The number of aryl methyl sites for hydroxylation is 1. The lowest BCUT2D eigenvalue weighted by atomic mass is 10.1. The normalized spacial score (nSPS) is 9.94. The van der Waals surface area contributed by atoms with Crippen molar-refractivity contribution in [3.05, 3.63) is 41.1 Å². The zero-order valence-electron chi connectivity index (χ0n) is 9.20. The largest absolute Gasteiger partial charge is 0.437 e. The highest BCUT2D eigenvalue weighted by Gasteiger charge is 2.08. The fraction of sp³-hybridized carbons (Fsp3) is 0.167. The molecule has 1 aromatic carbocycles. The van der Waals surface area contributed by atoms with Crippen molar-refractivity contribution in [2.24, 2.45) is 0 Å². The molecule has 2 aromatic rings. The summed E-state index contributed by atoms with van der Waals surface area (Å²) in [6, 6.07) is 8.27. The van der Waals surface area contributed by atoms with Gasteiger partial charge in [0.1, 0.15) is 12.4 Å². The van der Waals surface area contributed by atoms with Crippen LogP contribution in [0.1, 0.15) is 16.8 Å². The van der Waals surface area contributed by atoms with Gasteiger partial charge in [0.05, 0.1) is 11.6 Å². The second-order valence-corrected chi connectivity index (χ2v) is 3.56. The van der Waals surface area contributed by atoms with Gasteiger partial charge < -0.3 is 4.74 Å². The number of hydrogen-bond acceptors (Lipinski definition) is 3. The van der Waals surface area contributed by atoms with Gasteiger partial charge in [0, 0.05) is 17.3 Å². The van der Waals surface area contributed by atoms with Gasteiger partial charge in [0.2, 0.25) is 5.88 Å². The number of aromatic nitrogens is 2. The molecule has 0 atom stereocenters. The van der Waals surface area contributed by atoms with E-state index in [1.54, 1.807) is 18.2 Å². The third-order valence-electron chi connectivity index (χ3n) is 2.23. The van der Waals surface area contributed by atoms with Crippen molar-refractivity contribution in [3.8, 4) is 17.7 Å². The zero-order valence-corrected chi connectivity index (χ0v) is 9.20. The first-order valence-electron chi connectivity index (χ1n) is 5.02. The van der Waals surface area contributed by atoms with Crippen LogP contribution in [0.5, 0.6) is 11.6 Å². The summed E-state index contributed by atoms with van der Waals surface area (Å²) in [5.41, 5.74) is 1.60. The van der Waals surface area contributed by atoms with Crippen LogP contribution in [0.25, 0.3) is 0 Å². The molecule has 0 aliphatic rings. The first-order valence-corrected chi connectivity index (χ1v) is 5.02. The number of H-pyrrole nitrogens is 1. The van der Waals surface area contributed by atoms with Gasteiger partial charge in [0.25, 0.3) is 0 Å². The predicted octanol–water partition coefficient (Wildman–Crippen LogP) is 2.85. The van der Waals surface area contributed by atoms with Crippen molar-refractivity contribution in [1.29, 1.82) is 5.26 Å². The molecule has 0 aliphatic carbocycles. The lowest BCUT2D eigenvalue weighted by Gasteiger charge is -2.06. The standard InChI is InChI=1S/C12H10FN3O/c1-8-4-12(16-15-8)17-11-3-2-9(7-14)5-10(11)6-13/h2-5H,6H2,1H3,(H,15,16). The molecule has 0 unspecified atom stereocenters. The molecule has 0 bridgehead atoms. The Hall–Kier alpha value is -2.35. The minimum Gasteiger partial charge on any atom is -0.437 e. The summed E-state index contributed by atoms with van der Waals surface area (Å²) in [5, 5.41) is 15.3. The minimum absolute atomic E-state index is 0.338. The van der Waals surface area contributed by atoms with Crippen molar-refractivity contribution in [2.45, 2.75) is 13.6 Å². The molecule has 1 aromatic heterocycles. The third kappa shape index (κ3) is 2.42. The number of benzene rings is 1. The first-order chi connectivity index (χ1) is 8.22. The first kappa shape index (κ1) is 11.1. The van der Waals surface area contributed by atoms with E-state index in [0.29, 0.717) is 22.8 Å². The quantitative estimate of drug-likeness (QED) is 0.883. The van der Waals surface area contributed by atoms with E-state index < -0.39 is 6.67 Å². The second kappa shape index (κ2) is 4.66. The number of nitrogens with one attached hydrogen (secondary N) is 1. The summed E-state index contributed by atoms with van der Waals surface area (Å²) in [5.74, 6) is 0.750. The number of aromatic amines is 1. The van der Waals surface area contributed by atoms with Gasteiger partial charge in [-0.2, -0.15) is 5.26 Å². The van der Waals surface area contributed by atoms with Gasteiger partial charge in [-0.3, -0.25) is 5.10 Å². The van der Waals surface area contributed by atoms with Crippen LogP contribution in [0.2, 0.25) is 0 Å². The maximum atomic E-state index is 12.8. The van der Waals surface area contributed by atoms with Gasteiger partial charge in [-0.25, -0.2) is 4.39 Å². The van der Waals surface area contributed by atoms with Gasteiger partial charge in [-0.05, 0) is 25.1 Å². The van der Waals surface area contributed by atoms with E-state index in [1.165, 1.54) is 6.07 Å². The minimum atomic E-state index is -0.686. The number of rotatable bonds is 3. The van der Waals surface area contributed by atoms with Gasteiger partial charge in [-0.1, -0.05) is 0 Å². The Kier molecular flexibility index (Phi) is 3.06. The molecule has 0 aliphatic heterocycles. The fourth-order valence-corrected chi connectivity index (χ4v) is 1.41. The smallest absolute Gasteiger partial charge is 0.238 e. The maximum Gasteiger partial charge on any atom is 0.238 e. The summed E-state index contributed by atoms with van der Waals surface area (Å²) in [7, 11) is 0. The highest BCUT2D eigenvalue weighted by molar-refractivity contribution is 5.43. The number of hydrogen-bond donors (Lipinski definition) is 1. The molecule has 0 amide bonds. The van der Waals surface area contributed by atoms with Gasteiger partial charge in [-0.15, -0.1) is 5.10 Å². The highest BCUT2D eigenvalue weighted by Crippen LogP contribution is 2.26. The van der Waals surface area contributed by atoms with E-state index in [1.807, 2.05) is 13.0 Å². The molecule has 5 heteroatoms. The number of ether oxygens (including phenoxy) is 1. The summed E-state index contributed by atoms with van der Waals surface area (Å²) < 4.78 is 18.2. The SMILES string of the molecule is Cc1cc(Oc2ccc(C#N)cc2CF)n[nH]1. The van der Waals surface area contributed by atoms with Crippen molar-refractivity contribution in [2.75, 3.05) is 0 Å². The Morgan fingerprint density at radius 2 is 2.29 bits per heavy atom. The van der Waals surface area contributed by atoms with Crippen LogP contribution in [-0.2, 0) is 6.67 Å². The average molecular weight is 231 g/mol. The van der Waals surface area contributed by atoms with E-state index >= 15 is 0 Å². The van der Waals surface area contributed by atoms with Crippen molar-refractivity contribution < 1.29 is 9.13 Å². The van der Waals surface area contributed by atoms with Crippen LogP contribution in [0.4, 0.5) is 4.39 Å². The second-order valence-electron chi connectivity index (χ2n) is 3.56. The molecule has 0 saturated heterocycles. The van der Waals surface area contributed by atoms with Crippen LogP contribution in [-0.4, -0.2) is 10.2 Å². The molecule has 86 valence electrons. The average Bonchev–Trinajstić information content (AvgIpc) is 2.75. The number of halogens is 1. The van der Waals surface area contributed by atoms with E-state index in [-0.39, 0.29) is 0 Å². The van der Waals surface area contributed by atoms with Gasteiger partial charge in [0.15, 0.2) is 0 Å². The monoisotopic (exact) mass is 231 g/mol. The summed E-state index contributed by atoms with van der Waals surface area (Å²) >= 11 is 0. The summed E-state index contributed by atoms with van der Waals surface area (Å²) in [6.07, 6.45) is 0. The Morgan fingerprint density at radius 1 is 1.47 bits per heavy atom. The summed E-state index contributed by atoms with van der Waals surface area (Å²) in [6.45, 7) is 1.16.